The number of likely N-dealkylation sites (N-methyl/N-ethyl adjacent to an activating group) is 1. The van der Waals surface area contributed by atoms with Crippen LogP contribution in [0.25, 0.3) is 0 Å². The molecule has 0 N–H and O–H groups in total. The third-order valence-corrected chi connectivity index (χ3v) is 6.81. The Kier molecular flexibility index (Phi) is 5.57. The van der Waals surface area contributed by atoms with Gasteiger partial charge in [-0.15, -0.1) is 0 Å². The van der Waals surface area contributed by atoms with Crippen LogP contribution in [-0.2, 0) is 19.0 Å². The second-order valence-electron chi connectivity index (χ2n) is 8.53. The van der Waals surface area contributed by atoms with Gasteiger partial charge in [0, 0.05) is 33.2 Å². The average Bonchev–Trinajstić information content (AvgIpc) is 2.85. The number of rotatable bonds is 6. The van der Waals surface area contributed by atoms with Crippen molar-refractivity contribution in [3.05, 3.63) is 12.2 Å². The minimum Gasteiger partial charge on any atom is -0.462 e. The summed E-state index contributed by atoms with van der Waals surface area (Å²) in [6.07, 6.45) is 5.43. The van der Waals surface area contributed by atoms with E-state index >= 15 is 0 Å². The van der Waals surface area contributed by atoms with E-state index in [9.17, 15) is 4.79 Å². The van der Waals surface area contributed by atoms with Crippen molar-refractivity contribution in [2.45, 2.75) is 51.4 Å². The van der Waals surface area contributed by atoms with Gasteiger partial charge in [-0.05, 0) is 50.5 Å². The summed E-state index contributed by atoms with van der Waals surface area (Å²) in [5, 5.41) is 0. The number of carbonyl (C=O) groups excluding carboxylic acids is 1. The van der Waals surface area contributed by atoms with Gasteiger partial charge in [-0.1, -0.05) is 19.1 Å². The fourth-order valence-corrected chi connectivity index (χ4v) is 5.37. The van der Waals surface area contributed by atoms with Gasteiger partial charge in [0.2, 0.25) is 0 Å². The molecule has 5 atom stereocenters. The van der Waals surface area contributed by atoms with Crippen LogP contribution < -0.4 is 0 Å². The van der Waals surface area contributed by atoms with Crippen molar-refractivity contribution in [3.8, 4) is 0 Å². The Hall–Kier alpha value is -0.910. The summed E-state index contributed by atoms with van der Waals surface area (Å²) in [6, 6.07) is 0. The summed E-state index contributed by atoms with van der Waals surface area (Å²) in [5.74, 6) is 0.770. The number of hydrogen-bond acceptors (Lipinski definition) is 5. The third-order valence-electron chi connectivity index (χ3n) is 6.81. The lowest BCUT2D eigenvalue weighted by atomic mass is 9.55. The molecule has 2 aliphatic carbocycles. The summed E-state index contributed by atoms with van der Waals surface area (Å²) < 4.78 is 16.4. The minimum absolute atomic E-state index is 0.0268. The Bertz CT molecular complexity index is 518. The number of fused-ring (bicyclic) bond motifs is 2. The fraction of sp³-hybridized carbons (Fsp3) is 0.850. The first-order valence-electron chi connectivity index (χ1n) is 9.50. The lowest BCUT2D eigenvalue weighted by molar-refractivity contribution is -0.147. The first-order valence-corrected chi connectivity index (χ1v) is 9.50. The van der Waals surface area contributed by atoms with Crippen LogP contribution in [0.15, 0.2) is 12.2 Å². The van der Waals surface area contributed by atoms with E-state index in [4.69, 9.17) is 14.2 Å². The molecule has 1 saturated heterocycles. The van der Waals surface area contributed by atoms with Crippen LogP contribution >= 0.6 is 0 Å². The molecule has 142 valence electrons. The summed E-state index contributed by atoms with van der Waals surface area (Å²) in [6.45, 7) is 8.06. The monoisotopic (exact) mass is 351 g/mol. The van der Waals surface area contributed by atoms with Gasteiger partial charge in [-0.2, -0.15) is 0 Å². The molecule has 0 aromatic heterocycles. The molecule has 5 heteroatoms. The van der Waals surface area contributed by atoms with Crippen molar-refractivity contribution in [2.75, 3.05) is 34.4 Å². The molecular formula is C20H33NO4. The highest BCUT2D eigenvalue weighted by molar-refractivity contribution is 5.75. The summed E-state index contributed by atoms with van der Waals surface area (Å²) >= 11 is 0. The maximum absolute atomic E-state index is 12.6. The first kappa shape index (κ1) is 18.9. The highest BCUT2D eigenvalue weighted by Gasteiger charge is 2.55. The lowest BCUT2D eigenvalue weighted by Gasteiger charge is -2.50. The molecule has 5 nitrogen and oxygen atoms in total. The predicted octanol–water partition coefficient (Wildman–Crippen LogP) is 2.85. The van der Waals surface area contributed by atoms with Gasteiger partial charge >= 0.3 is 5.97 Å². The van der Waals surface area contributed by atoms with Gasteiger partial charge in [0.15, 0.2) is 6.29 Å². The van der Waals surface area contributed by atoms with Crippen LogP contribution in [0, 0.1) is 23.2 Å². The Morgan fingerprint density at radius 2 is 2.12 bits per heavy atom. The van der Waals surface area contributed by atoms with Crippen LogP contribution in [-0.4, -0.2) is 57.6 Å². The molecule has 3 aliphatic rings. The normalized spacial score (nSPS) is 38.0. The van der Waals surface area contributed by atoms with Gasteiger partial charge in [-0.3, -0.25) is 4.79 Å². The number of esters is 1. The van der Waals surface area contributed by atoms with E-state index in [0.29, 0.717) is 24.9 Å². The van der Waals surface area contributed by atoms with E-state index in [2.05, 4.69) is 18.4 Å². The van der Waals surface area contributed by atoms with Crippen molar-refractivity contribution in [1.29, 1.82) is 0 Å². The van der Waals surface area contributed by atoms with Crippen LogP contribution in [0.5, 0.6) is 0 Å². The molecule has 1 aliphatic heterocycles. The fourth-order valence-electron chi connectivity index (χ4n) is 5.37. The Morgan fingerprint density at radius 3 is 2.80 bits per heavy atom. The molecule has 0 amide bonds. The Morgan fingerprint density at radius 1 is 1.40 bits per heavy atom. The van der Waals surface area contributed by atoms with Gasteiger partial charge in [0.25, 0.3) is 0 Å². The smallest absolute Gasteiger partial charge is 0.310 e. The van der Waals surface area contributed by atoms with Gasteiger partial charge in [-0.25, -0.2) is 0 Å². The second kappa shape index (κ2) is 7.37. The van der Waals surface area contributed by atoms with E-state index in [-0.39, 0.29) is 29.7 Å². The van der Waals surface area contributed by atoms with Crippen LogP contribution in [0.1, 0.15) is 39.0 Å². The third kappa shape index (κ3) is 3.64. The van der Waals surface area contributed by atoms with Crippen LogP contribution in [0.3, 0.4) is 0 Å². The molecule has 0 spiro atoms. The number of ether oxygens (including phenoxy) is 3. The quantitative estimate of drug-likeness (QED) is 0.418. The van der Waals surface area contributed by atoms with Crippen molar-refractivity contribution < 1.29 is 19.0 Å². The zero-order chi connectivity index (χ0) is 18.2. The molecule has 0 aromatic rings. The molecule has 2 saturated carbocycles. The second-order valence-corrected chi connectivity index (χ2v) is 8.53. The zero-order valence-corrected chi connectivity index (χ0v) is 16.1. The van der Waals surface area contributed by atoms with Gasteiger partial charge < -0.3 is 19.1 Å². The van der Waals surface area contributed by atoms with Crippen molar-refractivity contribution >= 4 is 5.97 Å². The van der Waals surface area contributed by atoms with Gasteiger partial charge in [0.1, 0.15) is 6.10 Å². The summed E-state index contributed by atoms with van der Waals surface area (Å²) in [4.78, 5) is 14.7. The molecule has 2 unspecified atom stereocenters. The van der Waals surface area contributed by atoms with E-state index in [1.54, 1.807) is 14.2 Å². The standard InChI is InChI=1S/C20H33NO4/c1-13-7-6-8-20(2)10-17-14(9-16(13)20)15(19(22)25-17)11-21(3)12-18(23-4)24-5/h14-18H,1,6-12H2,2-5H3/t14-,15?,16?,17-,20-/m1/s1. The molecule has 1 heterocycles. The number of allylic oxidation sites excluding steroid dienone is 1. The number of nitrogens with zero attached hydrogens (tertiary/aromatic N) is 1. The van der Waals surface area contributed by atoms with E-state index in [1.807, 2.05) is 7.05 Å². The number of carbonyl (C=O) groups is 1. The summed E-state index contributed by atoms with van der Waals surface area (Å²) in [5.41, 5.74) is 1.65. The van der Waals surface area contributed by atoms with Crippen LogP contribution in [0.2, 0.25) is 0 Å². The minimum atomic E-state index is -0.272. The zero-order valence-electron chi connectivity index (χ0n) is 16.1. The molecule has 0 radical (unpaired) electrons. The van der Waals surface area contributed by atoms with Crippen LogP contribution in [0.4, 0.5) is 0 Å². The number of methoxy groups -OCH3 is 2. The Labute approximate surface area is 151 Å². The maximum Gasteiger partial charge on any atom is 0.310 e. The molecule has 3 rings (SSSR count). The summed E-state index contributed by atoms with van der Waals surface area (Å²) in [7, 11) is 5.29. The molecular weight excluding hydrogens is 318 g/mol. The average molecular weight is 351 g/mol. The molecule has 3 fully saturated rings. The van der Waals surface area contributed by atoms with Crippen molar-refractivity contribution in [1.82, 2.24) is 4.90 Å². The highest BCUT2D eigenvalue weighted by atomic mass is 16.7. The molecule has 25 heavy (non-hydrogen) atoms. The molecule has 0 bridgehead atoms. The first-order chi connectivity index (χ1) is 11.9. The van der Waals surface area contributed by atoms with Crippen molar-refractivity contribution in [3.63, 3.8) is 0 Å². The van der Waals surface area contributed by atoms with Crippen molar-refractivity contribution in [2.24, 2.45) is 23.2 Å². The molecule has 0 aromatic carbocycles. The maximum atomic E-state index is 12.6. The SMILES string of the molecule is C=C1CCC[C@]2(C)C[C@H]3OC(=O)C(CN(C)CC(OC)OC)[C@H]3CC12. The largest absolute Gasteiger partial charge is 0.462 e. The number of hydrogen-bond donors (Lipinski definition) is 0. The van der Waals surface area contributed by atoms with E-state index in [1.165, 1.54) is 18.4 Å². The van der Waals surface area contributed by atoms with Gasteiger partial charge in [0.05, 0.1) is 5.92 Å². The predicted molar refractivity (Wildman–Crippen MR) is 96.0 cm³/mol. The lowest BCUT2D eigenvalue weighted by Crippen LogP contribution is -2.46. The highest BCUT2D eigenvalue weighted by Crippen LogP contribution is 2.56. The topological polar surface area (TPSA) is 48.0 Å². The van der Waals surface area contributed by atoms with E-state index in [0.717, 1.165) is 19.3 Å². The van der Waals surface area contributed by atoms with E-state index < -0.39 is 0 Å². The Balaban J connectivity index is 1.68.